The second kappa shape index (κ2) is 11.8. The fourth-order valence-corrected chi connectivity index (χ4v) is 4.36. The summed E-state index contributed by atoms with van der Waals surface area (Å²) in [5.41, 5.74) is 5.18. The molecule has 8 heteroatoms. The van der Waals surface area contributed by atoms with Gasteiger partial charge in [-0.25, -0.2) is 12.8 Å². The number of hydrogen-bond donors (Lipinski definition) is 2. The van der Waals surface area contributed by atoms with Crippen LogP contribution in [0.3, 0.4) is 0 Å². The monoisotopic (exact) mass is 499 g/mol. The van der Waals surface area contributed by atoms with Crippen molar-refractivity contribution >= 4 is 21.5 Å². The van der Waals surface area contributed by atoms with Crippen LogP contribution in [0.25, 0.3) is 11.1 Å². The van der Waals surface area contributed by atoms with E-state index in [1.165, 1.54) is 12.3 Å². The molecule has 0 fully saturated rings. The number of nitrogens with one attached hydrogen (secondary N) is 1. The molecule has 0 saturated heterocycles. The van der Waals surface area contributed by atoms with Crippen LogP contribution >= 0.6 is 0 Å². The molecule has 35 heavy (non-hydrogen) atoms. The number of halogens is 1. The van der Waals surface area contributed by atoms with Gasteiger partial charge in [0.25, 0.3) is 0 Å². The lowest BCUT2D eigenvalue weighted by Gasteiger charge is -2.13. The second-order valence-corrected chi connectivity index (χ2v) is 10.8. The Morgan fingerprint density at radius 3 is 2.57 bits per heavy atom. The molecular weight excluding hydrogens is 469 g/mol. The van der Waals surface area contributed by atoms with E-state index >= 15 is 0 Å². The molecular formula is C27H30FNO5S. The number of carboxylic acid groups (broad SMARTS) is 1. The average Bonchev–Trinajstić information content (AvgIpc) is 2.79. The Kier molecular flexibility index (Phi) is 8.87. The van der Waals surface area contributed by atoms with Gasteiger partial charge in [-0.05, 0) is 77.9 Å². The highest BCUT2D eigenvalue weighted by Gasteiger charge is 2.08. The zero-order valence-corrected chi connectivity index (χ0v) is 20.7. The minimum absolute atomic E-state index is 0.104. The van der Waals surface area contributed by atoms with Crippen molar-refractivity contribution < 1.29 is 27.4 Å². The summed E-state index contributed by atoms with van der Waals surface area (Å²) in [4.78, 5) is 10.7. The highest BCUT2D eigenvalue weighted by Crippen LogP contribution is 2.28. The molecule has 0 atom stereocenters. The van der Waals surface area contributed by atoms with Crippen LogP contribution in [-0.2, 0) is 27.6 Å². The van der Waals surface area contributed by atoms with E-state index in [1.807, 2.05) is 43.3 Å². The maximum absolute atomic E-state index is 14.3. The summed E-state index contributed by atoms with van der Waals surface area (Å²) in [6.07, 6.45) is 1.72. The summed E-state index contributed by atoms with van der Waals surface area (Å²) in [7, 11) is -2.99. The molecule has 0 aromatic heterocycles. The Hall–Kier alpha value is -3.39. The van der Waals surface area contributed by atoms with Crippen molar-refractivity contribution in [1.82, 2.24) is 0 Å². The summed E-state index contributed by atoms with van der Waals surface area (Å²) in [5, 5.41) is 12.0. The van der Waals surface area contributed by atoms with Crippen LogP contribution in [0, 0.1) is 12.7 Å². The minimum atomic E-state index is -2.99. The Labute approximate surface area is 205 Å². The van der Waals surface area contributed by atoms with Crippen LogP contribution in [0.5, 0.6) is 5.75 Å². The standard InChI is InChI=1S/C27H30FNO5S/c1-19-15-24(34-13-4-14-35(2,32)33)10-11-25(19)22-6-3-5-20(16-22)18-29-23-9-7-21(26(28)17-23)8-12-27(30)31/h3,5-7,9-11,15-17,29H,4,8,12-14,18H2,1-2H3,(H,30,31). The number of benzene rings is 3. The highest BCUT2D eigenvalue weighted by molar-refractivity contribution is 7.90. The molecule has 0 aliphatic heterocycles. The molecule has 0 radical (unpaired) electrons. The fraction of sp³-hybridized carbons (Fsp3) is 0.296. The number of aliphatic carboxylic acids is 1. The first-order chi connectivity index (χ1) is 16.6. The van der Waals surface area contributed by atoms with E-state index in [-0.39, 0.29) is 18.6 Å². The fourth-order valence-electron chi connectivity index (χ4n) is 3.72. The van der Waals surface area contributed by atoms with Crippen LogP contribution in [0.2, 0.25) is 0 Å². The van der Waals surface area contributed by atoms with Gasteiger partial charge >= 0.3 is 5.97 Å². The quantitative estimate of drug-likeness (QED) is 0.331. The maximum Gasteiger partial charge on any atom is 0.303 e. The zero-order chi connectivity index (χ0) is 25.4. The molecule has 0 aliphatic carbocycles. The van der Waals surface area contributed by atoms with Crippen molar-refractivity contribution in [3.8, 4) is 16.9 Å². The van der Waals surface area contributed by atoms with Gasteiger partial charge < -0.3 is 15.2 Å². The number of rotatable bonds is 12. The zero-order valence-electron chi connectivity index (χ0n) is 19.9. The van der Waals surface area contributed by atoms with E-state index in [4.69, 9.17) is 9.84 Å². The number of carboxylic acids is 1. The minimum Gasteiger partial charge on any atom is -0.494 e. The molecule has 2 N–H and O–H groups in total. The summed E-state index contributed by atoms with van der Waals surface area (Å²) < 4.78 is 42.4. The van der Waals surface area contributed by atoms with Gasteiger partial charge in [-0.1, -0.05) is 30.3 Å². The average molecular weight is 500 g/mol. The largest absolute Gasteiger partial charge is 0.494 e. The molecule has 0 bridgehead atoms. The lowest BCUT2D eigenvalue weighted by atomic mass is 9.98. The number of sulfone groups is 1. The Bertz CT molecular complexity index is 1290. The first kappa shape index (κ1) is 26.2. The smallest absolute Gasteiger partial charge is 0.303 e. The van der Waals surface area contributed by atoms with Crippen molar-refractivity contribution in [2.24, 2.45) is 0 Å². The lowest BCUT2D eigenvalue weighted by molar-refractivity contribution is -0.136. The molecule has 0 spiro atoms. The van der Waals surface area contributed by atoms with Gasteiger partial charge in [0.2, 0.25) is 0 Å². The van der Waals surface area contributed by atoms with Crippen LogP contribution in [0.15, 0.2) is 60.7 Å². The topological polar surface area (TPSA) is 92.7 Å². The Morgan fingerprint density at radius 1 is 1.09 bits per heavy atom. The molecule has 6 nitrogen and oxygen atoms in total. The number of aryl methyl sites for hydroxylation is 2. The molecule has 3 aromatic carbocycles. The van der Waals surface area contributed by atoms with Gasteiger partial charge in [0, 0.05) is 24.9 Å². The van der Waals surface area contributed by atoms with Crippen LogP contribution in [-0.4, -0.2) is 38.1 Å². The van der Waals surface area contributed by atoms with E-state index < -0.39 is 21.6 Å². The van der Waals surface area contributed by atoms with Gasteiger partial charge in [0.1, 0.15) is 21.4 Å². The van der Waals surface area contributed by atoms with E-state index in [1.54, 1.807) is 12.1 Å². The van der Waals surface area contributed by atoms with Crippen molar-refractivity contribution in [3.05, 3.63) is 83.2 Å². The number of anilines is 1. The molecule has 186 valence electrons. The van der Waals surface area contributed by atoms with Gasteiger partial charge in [-0.15, -0.1) is 0 Å². The van der Waals surface area contributed by atoms with Gasteiger partial charge in [0.05, 0.1) is 12.4 Å². The van der Waals surface area contributed by atoms with Crippen LogP contribution < -0.4 is 10.1 Å². The second-order valence-electron chi connectivity index (χ2n) is 8.56. The highest BCUT2D eigenvalue weighted by atomic mass is 32.2. The summed E-state index contributed by atoms with van der Waals surface area (Å²) >= 11 is 0. The third kappa shape index (κ3) is 8.40. The summed E-state index contributed by atoms with van der Waals surface area (Å²) in [6, 6.07) is 18.6. The SMILES string of the molecule is Cc1cc(OCCCS(C)(=O)=O)ccc1-c1cccc(CNc2ccc(CCC(=O)O)c(F)c2)c1. The van der Waals surface area contributed by atoms with Crippen LogP contribution in [0.1, 0.15) is 29.5 Å². The van der Waals surface area contributed by atoms with E-state index in [2.05, 4.69) is 11.4 Å². The summed E-state index contributed by atoms with van der Waals surface area (Å²) in [6.45, 7) is 2.84. The van der Waals surface area contributed by atoms with E-state index in [0.717, 1.165) is 22.3 Å². The summed E-state index contributed by atoms with van der Waals surface area (Å²) in [5.74, 6) is -0.564. The van der Waals surface area contributed by atoms with Crippen LogP contribution in [0.4, 0.5) is 10.1 Å². The predicted molar refractivity (Wildman–Crippen MR) is 136 cm³/mol. The molecule has 0 heterocycles. The Morgan fingerprint density at radius 2 is 1.89 bits per heavy atom. The Balaban J connectivity index is 1.61. The van der Waals surface area contributed by atoms with E-state index in [9.17, 15) is 17.6 Å². The van der Waals surface area contributed by atoms with Gasteiger partial charge in [-0.2, -0.15) is 0 Å². The van der Waals surface area contributed by atoms with Crippen molar-refractivity contribution in [2.45, 2.75) is 32.7 Å². The molecule has 3 aromatic rings. The maximum atomic E-state index is 14.3. The number of ether oxygens (including phenoxy) is 1. The molecule has 3 rings (SSSR count). The van der Waals surface area contributed by atoms with Crippen molar-refractivity contribution in [2.75, 3.05) is 23.9 Å². The number of carbonyl (C=O) groups is 1. The number of hydrogen-bond acceptors (Lipinski definition) is 5. The lowest BCUT2D eigenvalue weighted by Crippen LogP contribution is -2.08. The van der Waals surface area contributed by atoms with Crippen molar-refractivity contribution in [3.63, 3.8) is 0 Å². The molecule has 0 unspecified atom stereocenters. The van der Waals surface area contributed by atoms with Crippen molar-refractivity contribution in [1.29, 1.82) is 0 Å². The van der Waals surface area contributed by atoms with Gasteiger partial charge in [-0.3, -0.25) is 4.79 Å². The molecule has 0 aliphatic rings. The third-order valence-corrected chi connectivity index (χ3v) is 6.55. The predicted octanol–water partition coefficient (Wildman–Crippen LogP) is 5.24. The first-order valence-corrected chi connectivity index (χ1v) is 13.4. The van der Waals surface area contributed by atoms with E-state index in [0.29, 0.717) is 36.6 Å². The molecule has 0 amide bonds. The normalized spacial score (nSPS) is 11.3. The first-order valence-electron chi connectivity index (χ1n) is 11.4. The van der Waals surface area contributed by atoms with Gasteiger partial charge in [0.15, 0.2) is 0 Å². The molecule has 0 saturated carbocycles. The third-order valence-electron chi connectivity index (χ3n) is 5.52.